The van der Waals surface area contributed by atoms with Gasteiger partial charge in [0.25, 0.3) is 0 Å². The summed E-state index contributed by atoms with van der Waals surface area (Å²) >= 11 is 5.81. The van der Waals surface area contributed by atoms with E-state index in [1.165, 1.54) is 0 Å². The number of hydrogen-bond acceptors (Lipinski definition) is 1. The first-order chi connectivity index (χ1) is 5.93. The summed E-state index contributed by atoms with van der Waals surface area (Å²) in [6.45, 7) is -4.89. The standard InChI is InChI=1S/C7H6BF3IS.K/c9-8(10,11)6-1-5(4-13)2-7(12)3-6;/h1-3,13H,4H2;/q-1;+1. The van der Waals surface area contributed by atoms with Crippen molar-refractivity contribution in [2.45, 2.75) is 5.75 Å². The molecule has 0 atom stereocenters. The maximum Gasteiger partial charge on any atom is 1.00 e. The van der Waals surface area contributed by atoms with Gasteiger partial charge in [-0.2, -0.15) is 12.6 Å². The van der Waals surface area contributed by atoms with Crippen LogP contribution in [0.25, 0.3) is 0 Å². The molecular weight excluding hydrogens is 350 g/mol. The van der Waals surface area contributed by atoms with Gasteiger partial charge in [0.1, 0.15) is 0 Å². The third-order valence-corrected chi connectivity index (χ3v) is 2.53. The van der Waals surface area contributed by atoms with Crippen molar-refractivity contribution < 1.29 is 64.3 Å². The van der Waals surface area contributed by atoms with Crippen LogP contribution in [0.3, 0.4) is 0 Å². The van der Waals surface area contributed by atoms with Gasteiger partial charge in [0.2, 0.25) is 0 Å². The third kappa shape index (κ3) is 4.75. The molecule has 0 spiro atoms. The quantitative estimate of drug-likeness (QED) is 0.423. The van der Waals surface area contributed by atoms with Gasteiger partial charge in [-0.1, -0.05) is 12.1 Å². The molecule has 1 aromatic rings. The van der Waals surface area contributed by atoms with Gasteiger partial charge in [-0.05, 0) is 34.2 Å². The second-order valence-corrected chi connectivity index (χ2v) is 4.19. The molecule has 0 nitrogen and oxygen atoms in total. The van der Waals surface area contributed by atoms with Crippen molar-refractivity contribution >= 4 is 47.7 Å². The molecule has 0 amide bonds. The zero-order valence-electron chi connectivity index (χ0n) is 7.48. The van der Waals surface area contributed by atoms with Gasteiger partial charge in [0.15, 0.2) is 0 Å². The van der Waals surface area contributed by atoms with Crippen molar-refractivity contribution in [2.24, 2.45) is 0 Å². The maximum absolute atomic E-state index is 12.3. The van der Waals surface area contributed by atoms with E-state index >= 15 is 0 Å². The number of hydrogen-bond donors (Lipinski definition) is 1. The van der Waals surface area contributed by atoms with Crippen molar-refractivity contribution in [1.82, 2.24) is 0 Å². The molecule has 0 aliphatic rings. The monoisotopic (exact) mass is 356 g/mol. The third-order valence-electron chi connectivity index (χ3n) is 1.54. The maximum atomic E-state index is 12.3. The first-order valence-electron chi connectivity index (χ1n) is 3.53. The van der Waals surface area contributed by atoms with E-state index in [-0.39, 0.29) is 51.4 Å². The van der Waals surface area contributed by atoms with E-state index in [1.54, 1.807) is 6.07 Å². The van der Waals surface area contributed by atoms with E-state index < -0.39 is 12.4 Å². The summed E-state index contributed by atoms with van der Waals surface area (Å²) in [6, 6.07) is 3.99. The SMILES string of the molecule is F[B-](F)(F)c1cc(I)cc(CS)c1.[K+]. The fourth-order valence-corrected chi connectivity index (χ4v) is 1.90. The molecule has 0 aliphatic carbocycles. The van der Waals surface area contributed by atoms with Crippen molar-refractivity contribution in [3.8, 4) is 0 Å². The molecule has 0 saturated heterocycles. The summed E-state index contributed by atoms with van der Waals surface area (Å²) in [5, 5.41) is 0. The second-order valence-electron chi connectivity index (χ2n) is 2.63. The number of thiol groups is 1. The fraction of sp³-hybridized carbons (Fsp3) is 0.143. The van der Waals surface area contributed by atoms with Gasteiger partial charge in [-0.25, -0.2) is 0 Å². The van der Waals surface area contributed by atoms with E-state index in [4.69, 9.17) is 0 Å². The van der Waals surface area contributed by atoms with Crippen LogP contribution in [0.5, 0.6) is 0 Å². The first-order valence-corrected chi connectivity index (χ1v) is 5.25. The molecule has 0 unspecified atom stereocenters. The van der Waals surface area contributed by atoms with Crippen LogP contribution in [0.15, 0.2) is 18.2 Å². The van der Waals surface area contributed by atoms with Crippen LogP contribution in [0.4, 0.5) is 12.9 Å². The van der Waals surface area contributed by atoms with Gasteiger partial charge < -0.3 is 12.9 Å². The Morgan fingerprint density at radius 1 is 1.21 bits per heavy atom. The Kier molecular flexibility index (Phi) is 7.34. The van der Waals surface area contributed by atoms with Crippen LogP contribution in [0.2, 0.25) is 0 Å². The largest absolute Gasteiger partial charge is 1.00 e. The van der Waals surface area contributed by atoms with Crippen LogP contribution in [-0.4, -0.2) is 6.98 Å². The van der Waals surface area contributed by atoms with Crippen molar-refractivity contribution in [3.63, 3.8) is 0 Å². The fourth-order valence-electron chi connectivity index (χ4n) is 0.956. The van der Waals surface area contributed by atoms with Gasteiger partial charge in [-0.15, -0.1) is 5.46 Å². The molecule has 0 bridgehead atoms. The summed E-state index contributed by atoms with van der Waals surface area (Å²) in [5.41, 5.74) is 0.0559. The Labute approximate surface area is 142 Å². The summed E-state index contributed by atoms with van der Waals surface area (Å²) in [7, 11) is 0. The van der Waals surface area contributed by atoms with Crippen molar-refractivity contribution in [1.29, 1.82) is 0 Å². The van der Waals surface area contributed by atoms with Crippen LogP contribution < -0.4 is 56.8 Å². The average molecular weight is 356 g/mol. The summed E-state index contributed by atoms with van der Waals surface area (Å²) in [5.74, 6) is 0.329. The van der Waals surface area contributed by atoms with E-state index in [2.05, 4.69) is 12.6 Å². The Bertz CT molecular complexity index is 318. The van der Waals surface area contributed by atoms with Crippen molar-refractivity contribution in [2.75, 3.05) is 0 Å². The molecule has 0 aliphatic heterocycles. The summed E-state index contributed by atoms with van der Waals surface area (Å²) < 4.78 is 37.6. The minimum absolute atomic E-state index is 0. The molecule has 72 valence electrons. The number of benzene rings is 1. The van der Waals surface area contributed by atoms with E-state index in [1.807, 2.05) is 22.6 Å². The summed E-state index contributed by atoms with van der Waals surface area (Å²) in [4.78, 5) is 0. The van der Waals surface area contributed by atoms with E-state index in [0.29, 0.717) is 14.9 Å². The van der Waals surface area contributed by atoms with Gasteiger partial charge in [-0.3, -0.25) is 0 Å². The van der Waals surface area contributed by atoms with Gasteiger partial charge in [0, 0.05) is 9.32 Å². The molecule has 0 radical (unpaired) electrons. The average Bonchev–Trinajstić information content (AvgIpc) is 2.01. The zero-order valence-corrected chi connectivity index (χ0v) is 13.7. The van der Waals surface area contributed by atoms with E-state index in [0.717, 1.165) is 12.1 Å². The Morgan fingerprint density at radius 3 is 2.21 bits per heavy atom. The molecule has 14 heavy (non-hydrogen) atoms. The molecule has 1 aromatic carbocycles. The Morgan fingerprint density at radius 2 is 1.79 bits per heavy atom. The predicted molar refractivity (Wildman–Crippen MR) is 60.6 cm³/mol. The molecule has 7 heteroatoms. The minimum Gasteiger partial charge on any atom is -0.445 e. The smallest absolute Gasteiger partial charge is 0.445 e. The molecule has 0 N–H and O–H groups in total. The van der Waals surface area contributed by atoms with Crippen LogP contribution in [0, 0.1) is 3.57 Å². The molecule has 0 fully saturated rings. The van der Waals surface area contributed by atoms with Gasteiger partial charge >= 0.3 is 58.4 Å². The first kappa shape index (κ1) is 15.8. The molecule has 0 heterocycles. The van der Waals surface area contributed by atoms with Crippen LogP contribution >= 0.6 is 35.2 Å². The topological polar surface area (TPSA) is 0 Å². The number of halogens is 4. The zero-order chi connectivity index (χ0) is 10.1. The summed E-state index contributed by atoms with van der Waals surface area (Å²) in [6.07, 6.45) is 0. The molecule has 1 rings (SSSR count). The molecular formula is C7H6BF3IKS. The van der Waals surface area contributed by atoms with Crippen LogP contribution in [-0.2, 0) is 5.75 Å². The molecule has 0 saturated carbocycles. The Balaban J connectivity index is 0.00000169. The van der Waals surface area contributed by atoms with Gasteiger partial charge in [0.05, 0.1) is 0 Å². The van der Waals surface area contributed by atoms with Crippen molar-refractivity contribution in [3.05, 3.63) is 27.3 Å². The number of rotatable bonds is 2. The molecule has 0 aromatic heterocycles. The van der Waals surface area contributed by atoms with E-state index in [9.17, 15) is 12.9 Å². The minimum atomic E-state index is -4.89. The normalized spacial score (nSPS) is 10.9. The second kappa shape index (κ2) is 6.51. The van der Waals surface area contributed by atoms with Crippen LogP contribution in [0.1, 0.15) is 5.56 Å². The Hall–Kier alpha value is 1.79. The predicted octanol–water partition coefficient (Wildman–Crippen LogP) is -0.221.